The van der Waals surface area contributed by atoms with E-state index in [9.17, 15) is 5.11 Å². The summed E-state index contributed by atoms with van der Waals surface area (Å²) in [5, 5.41) is 12.5. The number of nitrogens with zero attached hydrogens (tertiary/aromatic N) is 1. The van der Waals surface area contributed by atoms with Crippen LogP contribution in [0.4, 0.5) is 0 Å². The van der Waals surface area contributed by atoms with Crippen LogP contribution in [0.25, 0.3) is 0 Å². The van der Waals surface area contributed by atoms with Crippen LogP contribution in [0, 0.1) is 0 Å². The maximum absolute atomic E-state index is 9.51. The third kappa shape index (κ3) is 3.56. The Morgan fingerprint density at radius 1 is 1.75 bits per heavy atom. The normalized spacial score (nSPS) is 13.2. The highest BCUT2D eigenvalue weighted by atomic mass is 32.2. The van der Waals surface area contributed by atoms with E-state index in [0.717, 1.165) is 17.2 Å². The summed E-state index contributed by atoms with van der Waals surface area (Å²) in [4.78, 5) is 4.12. The molecule has 0 fully saturated rings. The predicted molar refractivity (Wildman–Crippen MR) is 54.8 cm³/mol. The topological polar surface area (TPSA) is 33.1 Å². The molecule has 0 aromatic carbocycles. The quantitative estimate of drug-likeness (QED) is 0.792. The Morgan fingerprint density at radius 2 is 2.58 bits per heavy atom. The van der Waals surface area contributed by atoms with Crippen LogP contribution in [0.5, 0.6) is 0 Å². The molecule has 0 spiro atoms. The van der Waals surface area contributed by atoms with E-state index in [1.165, 1.54) is 0 Å². The van der Waals surface area contributed by atoms with Crippen molar-refractivity contribution in [3.05, 3.63) is 16.6 Å². The van der Waals surface area contributed by atoms with Gasteiger partial charge in [-0.05, 0) is 18.4 Å². The molecule has 1 aromatic rings. The first-order chi connectivity index (χ1) is 5.83. The second-order valence-corrected chi connectivity index (χ2v) is 4.53. The first kappa shape index (κ1) is 10.0. The van der Waals surface area contributed by atoms with Gasteiger partial charge in [-0.15, -0.1) is 11.3 Å². The van der Waals surface area contributed by atoms with Crippen LogP contribution in [-0.2, 0) is 6.42 Å². The molecule has 2 nitrogen and oxygen atoms in total. The molecule has 0 radical (unpaired) electrons. The van der Waals surface area contributed by atoms with Gasteiger partial charge in [-0.2, -0.15) is 11.8 Å². The maximum Gasteiger partial charge on any atom is 0.0950 e. The van der Waals surface area contributed by atoms with E-state index in [-0.39, 0.29) is 6.10 Å². The smallest absolute Gasteiger partial charge is 0.0950 e. The molecule has 1 rings (SSSR count). The lowest BCUT2D eigenvalue weighted by atomic mass is 10.2. The SMILES string of the molecule is CSCCC(O)Cc1nccs1. The lowest BCUT2D eigenvalue weighted by Crippen LogP contribution is -2.10. The van der Waals surface area contributed by atoms with E-state index in [0.29, 0.717) is 6.42 Å². The molecule has 68 valence electrons. The molecule has 4 heteroatoms. The van der Waals surface area contributed by atoms with Gasteiger partial charge in [0, 0.05) is 18.0 Å². The van der Waals surface area contributed by atoms with E-state index >= 15 is 0 Å². The zero-order chi connectivity index (χ0) is 8.81. The predicted octanol–water partition coefficient (Wildman–Crippen LogP) is 1.80. The molecule has 0 saturated carbocycles. The summed E-state index contributed by atoms with van der Waals surface area (Å²) in [6, 6.07) is 0. The number of aliphatic hydroxyl groups is 1. The third-order valence-corrected chi connectivity index (χ3v) is 2.99. The van der Waals surface area contributed by atoms with Gasteiger partial charge in [-0.3, -0.25) is 0 Å². The van der Waals surface area contributed by atoms with Crippen LogP contribution in [-0.4, -0.2) is 28.2 Å². The summed E-state index contributed by atoms with van der Waals surface area (Å²) in [5.74, 6) is 1.02. The molecule has 0 aliphatic carbocycles. The van der Waals surface area contributed by atoms with Crippen molar-refractivity contribution in [1.82, 2.24) is 4.98 Å². The van der Waals surface area contributed by atoms with Gasteiger partial charge in [-0.1, -0.05) is 0 Å². The van der Waals surface area contributed by atoms with Crippen LogP contribution in [0.3, 0.4) is 0 Å². The molecule has 1 N–H and O–H groups in total. The van der Waals surface area contributed by atoms with Crippen molar-refractivity contribution in [1.29, 1.82) is 0 Å². The molecule has 0 amide bonds. The highest BCUT2D eigenvalue weighted by Crippen LogP contribution is 2.10. The fraction of sp³-hybridized carbons (Fsp3) is 0.625. The summed E-state index contributed by atoms with van der Waals surface area (Å²) in [5.41, 5.74) is 0. The Bertz CT molecular complexity index is 201. The minimum atomic E-state index is -0.219. The van der Waals surface area contributed by atoms with Gasteiger partial charge in [0.25, 0.3) is 0 Å². The lowest BCUT2D eigenvalue weighted by molar-refractivity contribution is 0.172. The number of rotatable bonds is 5. The second kappa shape index (κ2) is 5.56. The molecular formula is C8H13NOS2. The Morgan fingerprint density at radius 3 is 3.17 bits per heavy atom. The van der Waals surface area contributed by atoms with Gasteiger partial charge < -0.3 is 5.11 Å². The fourth-order valence-electron chi connectivity index (χ4n) is 0.911. The van der Waals surface area contributed by atoms with Gasteiger partial charge >= 0.3 is 0 Å². The molecule has 1 heterocycles. The molecule has 1 unspecified atom stereocenters. The van der Waals surface area contributed by atoms with Crippen molar-refractivity contribution in [3.63, 3.8) is 0 Å². The molecule has 1 aromatic heterocycles. The highest BCUT2D eigenvalue weighted by molar-refractivity contribution is 7.98. The van der Waals surface area contributed by atoms with Crippen LogP contribution >= 0.6 is 23.1 Å². The van der Waals surface area contributed by atoms with Crippen molar-refractivity contribution in [3.8, 4) is 0 Å². The number of aromatic nitrogens is 1. The zero-order valence-corrected chi connectivity index (χ0v) is 8.70. The summed E-state index contributed by atoms with van der Waals surface area (Å²) in [6.45, 7) is 0. The van der Waals surface area contributed by atoms with Gasteiger partial charge in [0.15, 0.2) is 0 Å². The van der Waals surface area contributed by atoms with Crippen LogP contribution in [0.2, 0.25) is 0 Å². The first-order valence-electron chi connectivity index (χ1n) is 3.88. The van der Waals surface area contributed by atoms with E-state index in [1.807, 2.05) is 5.38 Å². The third-order valence-electron chi connectivity index (χ3n) is 1.55. The highest BCUT2D eigenvalue weighted by Gasteiger charge is 2.06. The van der Waals surface area contributed by atoms with Crippen molar-refractivity contribution >= 4 is 23.1 Å². The monoisotopic (exact) mass is 203 g/mol. The van der Waals surface area contributed by atoms with E-state index in [4.69, 9.17) is 0 Å². The van der Waals surface area contributed by atoms with Crippen molar-refractivity contribution in [2.75, 3.05) is 12.0 Å². The van der Waals surface area contributed by atoms with Crippen LogP contribution < -0.4 is 0 Å². The van der Waals surface area contributed by atoms with Gasteiger partial charge in [0.2, 0.25) is 0 Å². The Kier molecular flexibility index (Phi) is 4.65. The number of thioether (sulfide) groups is 1. The van der Waals surface area contributed by atoms with Crippen molar-refractivity contribution in [2.45, 2.75) is 18.9 Å². The summed E-state index contributed by atoms with van der Waals surface area (Å²) < 4.78 is 0. The number of thiazole rings is 1. The Labute approximate surface area is 81.0 Å². The van der Waals surface area contributed by atoms with E-state index < -0.39 is 0 Å². The van der Waals surface area contributed by atoms with Gasteiger partial charge in [0.1, 0.15) is 0 Å². The van der Waals surface area contributed by atoms with Crippen molar-refractivity contribution in [2.24, 2.45) is 0 Å². The average molecular weight is 203 g/mol. The molecular weight excluding hydrogens is 190 g/mol. The molecule has 1 atom stereocenters. The average Bonchev–Trinajstić information content (AvgIpc) is 2.53. The minimum Gasteiger partial charge on any atom is -0.393 e. The number of hydrogen-bond donors (Lipinski definition) is 1. The van der Waals surface area contributed by atoms with Crippen molar-refractivity contribution < 1.29 is 5.11 Å². The standard InChI is InChI=1S/C8H13NOS2/c1-11-4-2-7(10)6-8-9-3-5-12-8/h3,5,7,10H,2,4,6H2,1H3. The van der Waals surface area contributed by atoms with Gasteiger partial charge in [-0.25, -0.2) is 4.98 Å². The lowest BCUT2D eigenvalue weighted by Gasteiger charge is -2.06. The summed E-state index contributed by atoms with van der Waals surface area (Å²) in [7, 11) is 0. The number of hydrogen-bond acceptors (Lipinski definition) is 4. The van der Waals surface area contributed by atoms with Crippen LogP contribution in [0.1, 0.15) is 11.4 Å². The van der Waals surface area contributed by atoms with E-state index in [2.05, 4.69) is 11.2 Å². The first-order valence-corrected chi connectivity index (χ1v) is 6.15. The fourth-order valence-corrected chi connectivity index (χ4v) is 2.11. The molecule has 0 saturated heterocycles. The Hall–Kier alpha value is -0.0600. The molecule has 12 heavy (non-hydrogen) atoms. The maximum atomic E-state index is 9.51. The summed E-state index contributed by atoms with van der Waals surface area (Å²) in [6.07, 6.45) is 5.18. The van der Waals surface area contributed by atoms with Gasteiger partial charge in [0.05, 0.1) is 11.1 Å². The van der Waals surface area contributed by atoms with Crippen LogP contribution in [0.15, 0.2) is 11.6 Å². The van der Waals surface area contributed by atoms with E-state index in [1.54, 1.807) is 29.3 Å². The molecule has 0 aliphatic heterocycles. The molecule has 0 bridgehead atoms. The Balaban J connectivity index is 2.22. The zero-order valence-electron chi connectivity index (χ0n) is 7.06. The largest absolute Gasteiger partial charge is 0.393 e. The summed E-state index contributed by atoms with van der Waals surface area (Å²) >= 11 is 3.37. The second-order valence-electron chi connectivity index (χ2n) is 2.57. The molecule has 0 aliphatic rings. The number of aliphatic hydroxyl groups excluding tert-OH is 1. The minimum absolute atomic E-state index is 0.219.